The first kappa shape index (κ1) is 19.4. The van der Waals surface area contributed by atoms with Gasteiger partial charge in [0.1, 0.15) is 17.2 Å². The first-order valence-corrected chi connectivity index (χ1v) is 8.83. The van der Waals surface area contributed by atoms with E-state index < -0.39 is 5.91 Å². The lowest BCUT2D eigenvalue weighted by Crippen LogP contribution is -2.12. The van der Waals surface area contributed by atoms with Crippen molar-refractivity contribution in [3.63, 3.8) is 0 Å². The van der Waals surface area contributed by atoms with Crippen LogP contribution in [-0.4, -0.2) is 31.8 Å². The number of hydrogen-bond donors (Lipinski definition) is 1. The fraction of sp³-hybridized carbons (Fsp3) is 0.227. The van der Waals surface area contributed by atoms with Crippen molar-refractivity contribution in [2.75, 3.05) is 21.3 Å². The Morgan fingerprint density at radius 2 is 1.57 bits per heavy atom. The van der Waals surface area contributed by atoms with Crippen LogP contribution in [0.25, 0.3) is 11.3 Å². The molecule has 1 heterocycles. The van der Waals surface area contributed by atoms with Gasteiger partial charge >= 0.3 is 0 Å². The summed E-state index contributed by atoms with van der Waals surface area (Å²) in [5.41, 5.74) is 9.67. The Hall–Kier alpha value is -3.41. The number of methoxy groups -OCH3 is 3. The molecule has 6 heteroatoms. The van der Waals surface area contributed by atoms with Crippen LogP contribution in [0.2, 0.25) is 0 Å². The largest absolute Gasteiger partial charge is 0.497 e. The Balaban J connectivity index is 2.12. The summed E-state index contributed by atoms with van der Waals surface area (Å²) in [5.74, 6) is 1.69. The van der Waals surface area contributed by atoms with Crippen molar-refractivity contribution < 1.29 is 19.0 Å². The lowest BCUT2D eigenvalue weighted by Gasteiger charge is -2.15. The van der Waals surface area contributed by atoms with Crippen LogP contribution in [0, 0.1) is 6.92 Å². The van der Waals surface area contributed by atoms with E-state index in [1.807, 2.05) is 55.5 Å². The van der Waals surface area contributed by atoms with Crippen LogP contribution in [0.1, 0.15) is 21.6 Å². The number of amides is 1. The number of benzene rings is 2. The maximum absolute atomic E-state index is 12.0. The highest BCUT2D eigenvalue weighted by Crippen LogP contribution is 2.36. The standard InChI is InChI=1S/C22H24N2O4/c1-14-19(22(23)25)12-20(18-10-9-17(27-3)11-21(18)28-4)24(14)13-15-5-7-16(26-2)8-6-15/h5-12H,13H2,1-4H3,(H2,23,25). The number of rotatable bonds is 7. The minimum atomic E-state index is -0.459. The van der Waals surface area contributed by atoms with Gasteiger partial charge in [-0.2, -0.15) is 0 Å². The average molecular weight is 380 g/mol. The van der Waals surface area contributed by atoms with Crippen LogP contribution >= 0.6 is 0 Å². The summed E-state index contributed by atoms with van der Waals surface area (Å²) in [4.78, 5) is 12.0. The van der Waals surface area contributed by atoms with Crippen LogP contribution in [-0.2, 0) is 6.54 Å². The van der Waals surface area contributed by atoms with Crippen LogP contribution in [0.15, 0.2) is 48.5 Å². The van der Waals surface area contributed by atoms with E-state index in [1.165, 1.54) is 0 Å². The van der Waals surface area contributed by atoms with Gasteiger partial charge in [0, 0.05) is 23.9 Å². The smallest absolute Gasteiger partial charge is 0.250 e. The molecular formula is C22H24N2O4. The van der Waals surface area contributed by atoms with Crippen molar-refractivity contribution in [2.45, 2.75) is 13.5 Å². The molecule has 0 aliphatic heterocycles. The van der Waals surface area contributed by atoms with Crippen LogP contribution < -0.4 is 19.9 Å². The number of ether oxygens (including phenoxy) is 3. The molecule has 3 rings (SSSR count). The van der Waals surface area contributed by atoms with E-state index in [4.69, 9.17) is 19.9 Å². The second kappa shape index (κ2) is 8.08. The quantitative estimate of drug-likeness (QED) is 0.679. The van der Waals surface area contributed by atoms with Gasteiger partial charge in [-0.1, -0.05) is 12.1 Å². The van der Waals surface area contributed by atoms with Gasteiger partial charge in [0.2, 0.25) is 0 Å². The molecule has 0 spiro atoms. The third-order valence-corrected chi connectivity index (χ3v) is 4.82. The molecular weight excluding hydrogens is 356 g/mol. The summed E-state index contributed by atoms with van der Waals surface area (Å²) in [6.45, 7) is 2.47. The molecule has 0 aliphatic rings. The summed E-state index contributed by atoms with van der Waals surface area (Å²) in [5, 5.41) is 0. The molecule has 0 atom stereocenters. The fourth-order valence-electron chi connectivity index (χ4n) is 3.25. The van der Waals surface area contributed by atoms with Crippen molar-refractivity contribution in [2.24, 2.45) is 5.73 Å². The molecule has 0 saturated carbocycles. The van der Waals surface area contributed by atoms with Gasteiger partial charge in [-0.3, -0.25) is 4.79 Å². The Kier molecular flexibility index (Phi) is 5.59. The fourth-order valence-corrected chi connectivity index (χ4v) is 3.25. The summed E-state index contributed by atoms with van der Waals surface area (Å²) < 4.78 is 18.1. The first-order valence-electron chi connectivity index (χ1n) is 8.83. The number of carbonyl (C=O) groups excluding carboxylic acids is 1. The number of hydrogen-bond acceptors (Lipinski definition) is 4. The molecule has 0 radical (unpaired) electrons. The number of aromatic nitrogens is 1. The SMILES string of the molecule is COc1ccc(Cn2c(-c3ccc(OC)cc3OC)cc(C(N)=O)c2C)cc1. The number of nitrogens with zero attached hydrogens (tertiary/aromatic N) is 1. The predicted octanol–water partition coefficient (Wildman–Crippen LogP) is 3.64. The van der Waals surface area contributed by atoms with Gasteiger partial charge < -0.3 is 24.5 Å². The summed E-state index contributed by atoms with van der Waals surface area (Å²) in [6.07, 6.45) is 0. The molecule has 6 nitrogen and oxygen atoms in total. The minimum absolute atomic E-state index is 0.459. The third kappa shape index (κ3) is 3.67. The Morgan fingerprint density at radius 3 is 2.14 bits per heavy atom. The summed E-state index contributed by atoms with van der Waals surface area (Å²) >= 11 is 0. The van der Waals surface area contributed by atoms with Crippen LogP contribution in [0.4, 0.5) is 0 Å². The maximum Gasteiger partial charge on any atom is 0.250 e. The molecule has 1 amide bonds. The topological polar surface area (TPSA) is 75.7 Å². The van der Waals surface area contributed by atoms with Crippen molar-refractivity contribution >= 4 is 5.91 Å². The van der Waals surface area contributed by atoms with Gasteiger partial charge in [0.15, 0.2) is 0 Å². The lowest BCUT2D eigenvalue weighted by atomic mass is 10.1. The second-order valence-corrected chi connectivity index (χ2v) is 6.39. The van der Waals surface area contributed by atoms with Gasteiger partial charge in [-0.25, -0.2) is 0 Å². The van der Waals surface area contributed by atoms with Gasteiger partial charge in [-0.05, 0) is 42.8 Å². The molecule has 1 aromatic heterocycles. The average Bonchev–Trinajstić information content (AvgIpc) is 3.04. The zero-order chi connectivity index (χ0) is 20.3. The summed E-state index contributed by atoms with van der Waals surface area (Å²) in [7, 11) is 4.85. The van der Waals surface area contributed by atoms with E-state index in [2.05, 4.69) is 4.57 Å². The van der Waals surface area contributed by atoms with E-state index in [9.17, 15) is 4.79 Å². The lowest BCUT2D eigenvalue weighted by molar-refractivity contribution is 0.0999. The molecule has 2 aromatic carbocycles. The number of nitrogens with two attached hydrogens (primary N) is 1. The highest BCUT2D eigenvalue weighted by atomic mass is 16.5. The zero-order valence-corrected chi connectivity index (χ0v) is 16.5. The molecule has 0 bridgehead atoms. The maximum atomic E-state index is 12.0. The Bertz CT molecular complexity index is 991. The van der Waals surface area contributed by atoms with Crippen molar-refractivity contribution in [1.29, 1.82) is 0 Å². The first-order chi connectivity index (χ1) is 13.5. The molecule has 0 saturated heterocycles. The van der Waals surface area contributed by atoms with Crippen molar-refractivity contribution in [3.8, 4) is 28.5 Å². The van der Waals surface area contributed by atoms with E-state index in [-0.39, 0.29) is 0 Å². The zero-order valence-electron chi connectivity index (χ0n) is 16.5. The normalized spacial score (nSPS) is 10.6. The minimum Gasteiger partial charge on any atom is -0.497 e. The monoisotopic (exact) mass is 380 g/mol. The Morgan fingerprint density at radius 1 is 0.929 bits per heavy atom. The van der Waals surface area contributed by atoms with E-state index in [1.54, 1.807) is 21.3 Å². The molecule has 146 valence electrons. The second-order valence-electron chi connectivity index (χ2n) is 6.39. The summed E-state index contributed by atoms with van der Waals surface area (Å²) in [6, 6.07) is 15.2. The molecule has 0 unspecified atom stereocenters. The molecule has 3 aromatic rings. The third-order valence-electron chi connectivity index (χ3n) is 4.82. The molecule has 2 N–H and O–H groups in total. The molecule has 0 fully saturated rings. The van der Waals surface area contributed by atoms with Crippen molar-refractivity contribution in [1.82, 2.24) is 4.57 Å². The predicted molar refractivity (Wildman–Crippen MR) is 108 cm³/mol. The number of primary amides is 1. The van der Waals surface area contributed by atoms with E-state index >= 15 is 0 Å². The van der Waals surface area contributed by atoms with Crippen LogP contribution in [0.5, 0.6) is 17.2 Å². The van der Waals surface area contributed by atoms with Gasteiger partial charge in [0.25, 0.3) is 5.91 Å². The molecule has 28 heavy (non-hydrogen) atoms. The van der Waals surface area contributed by atoms with Gasteiger partial charge in [-0.15, -0.1) is 0 Å². The molecule has 0 aliphatic carbocycles. The highest BCUT2D eigenvalue weighted by molar-refractivity contribution is 5.96. The number of carbonyl (C=O) groups is 1. The van der Waals surface area contributed by atoms with E-state index in [0.29, 0.717) is 23.6 Å². The van der Waals surface area contributed by atoms with E-state index in [0.717, 1.165) is 28.3 Å². The Labute approximate surface area is 164 Å². The van der Waals surface area contributed by atoms with Crippen LogP contribution in [0.3, 0.4) is 0 Å². The highest BCUT2D eigenvalue weighted by Gasteiger charge is 2.19. The van der Waals surface area contributed by atoms with Crippen molar-refractivity contribution in [3.05, 3.63) is 65.4 Å². The van der Waals surface area contributed by atoms with Gasteiger partial charge in [0.05, 0.1) is 32.6 Å².